The van der Waals surface area contributed by atoms with Gasteiger partial charge in [0, 0.05) is 43.7 Å². The van der Waals surface area contributed by atoms with Gasteiger partial charge in [0.1, 0.15) is 0 Å². The second kappa shape index (κ2) is 11.4. The lowest BCUT2D eigenvalue weighted by Gasteiger charge is -2.36. The summed E-state index contributed by atoms with van der Waals surface area (Å²) in [4.78, 5) is 34.4. The van der Waals surface area contributed by atoms with E-state index in [1.807, 2.05) is 25.1 Å². The van der Waals surface area contributed by atoms with Crippen LogP contribution in [0.4, 0.5) is 5.69 Å². The van der Waals surface area contributed by atoms with Crippen molar-refractivity contribution in [2.24, 2.45) is 17.8 Å². The van der Waals surface area contributed by atoms with Crippen molar-refractivity contribution >= 4 is 23.6 Å². The van der Waals surface area contributed by atoms with Gasteiger partial charge in [-0.15, -0.1) is 0 Å². The third kappa shape index (κ3) is 5.71. The van der Waals surface area contributed by atoms with Crippen molar-refractivity contribution < 1.29 is 14.1 Å². The van der Waals surface area contributed by atoms with Gasteiger partial charge in [0.05, 0.1) is 0 Å². The maximum Gasteiger partial charge on any atom is 0.246 e. The summed E-state index contributed by atoms with van der Waals surface area (Å²) in [6, 6.07) is 8.12. The molecule has 38 heavy (non-hydrogen) atoms. The lowest BCUT2D eigenvalue weighted by Crippen LogP contribution is -2.41. The van der Waals surface area contributed by atoms with Gasteiger partial charge < -0.3 is 14.3 Å². The first-order valence-corrected chi connectivity index (χ1v) is 14.5. The Morgan fingerprint density at radius 2 is 1.79 bits per heavy atom. The number of benzene rings is 1. The summed E-state index contributed by atoms with van der Waals surface area (Å²) in [5.74, 6) is 2.91. The summed E-state index contributed by atoms with van der Waals surface area (Å²) in [7, 11) is 3.50. The molecule has 1 atom stereocenters. The maximum atomic E-state index is 14.0. The summed E-state index contributed by atoms with van der Waals surface area (Å²) >= 11 is 0. The molecule has 0 N–H and O–H groups in total. The Labute approximate surface area is 226 Å². The fourth-order valence-electron chi connectivity index (χ4n) is 6.93. The number of nitrogens with zero attached hydrogens (tertiary/aromatic N) is 4. The Hall–Kier alpha value is -2.96. The molecule has 7 heteroatoms. The van der Waals surface area contributed by atoms with Gasteiger partial charge in [0.15, 0.2) is 5.82 Å². The minimum atomic E-state index is -0.0508. The molecule has 2 aromatic rings. The topological polar surface area (TPSA) is 79.5 Å². The number of hydrogen-bond donors (Lipinski definition) is 0. The smallest absolute Gasteiger partial charge is 0.246 e. The Kier molecular flexibility index (Phi) is 8.01. The number of fused-ring (bicyclic) bond motifs is 4. The van der Waals surface area contributed by atoms with Gasteiger partial charge in [-0.3, -0.25) is 9.59 Å². The SMILES string of the molecule is Cc1noc(C23CCC(CC2)C(CN(C(=O)C2CCCCC2)c2cccc(/C=C/C(=O)N(C)C)c2)CC3)n1. The van der Waals surface area contributed by atoms with E-state index in [4.69, 9.17) is 4.52 Å². The van der Waals surface area contributed by atoms with Gasteiger partial charge in [-0.2, -0.15) is 4.98 Å². The molecule has 1 heterocycles. The van der Waals surface area contributed by atoms with Crippen LogP contribution in [0.3, 0.4) is 0 Å². The molecular weight excluding hydrogens is 476 g/mol. The molecule has 4 saturated carbocycles. The van der Waals surface area contributed by atoms with Crippen LogP contribution in [0.5, 0.6) is 0 Å². The quantitative estimate of drug-likeness (QED) is 0.425. The van der Waals surface area contributed by atoms with E-state index in [1.54, 1.807) is 25.1 Å². The number of anilines is 1. The summed E-state index contributed by atoms with van der Waals surface area (Å²) in [5.41, 5.74) is 1.88. The molecule has 0 saturated heterocycles. The second-order valence-electron chi connectivity index (χ2n) is 12.0. The molecule has 1 aromatic heterocycles. The third-order valence-corrected chi connectivity index (χ3v) is 9.31. The van der Waals surface area contributed by atoms with Gasteiger partial charge in [0.25, 0.3) is 0 Å². The Bertz CT molecular complexity index is 1160. The molecule has 0 spiro atoms. The van der Waals surface area contributed by atoms with Crippen LogP contribution in [-0.2, 0) is 15.0 Å². The molecule has 1 unspecified atom stereocenters. The highest BCUT2D eigenvalue weighted by Crippen LogP contribution is 2.51. The number of carbonyl (C=O) groups excluding carboxylic acids is 2. The lowest BCUT2D eigenvalue weighted by atomic mass is 9.70. The van der Waals surface area contributed by atoms with Gasteiger partial charge in [0.2, 0.25) is 17.7 Å². The minimum Gasteiger partial charge on any atom is -0.345 e. The largest absolute Gasteiger partial charge is 0.345 e. The van der Waals surface area contributed by atoms with E-state index >= 15 is 0 Å². The molecule has 2 bridgehead atoms. The van der Waals surface area contributed by atoms with Crippen LogP contribution in [0.1, 0.15) is 87.9 Å². The standard InChI is InChI=1S/C31H42N4O3/c1-22-32-30(38-33-22)31-17-14-24(15-18-31)26(16-19-31)21-35(29(37)25-9-5-4-6-10-25)27-11-7-8-23(20-27)12-13-28(36)34(2)3/h7-8,11-13,20,24-26H,4-6,9-10,14-19,21H2,1-3H3/b13-12+. The molecule has 4 fully saturated rings. The lowest BCUT2D eigenvalue weighted by molar-refractivity contribution is -0.124. The van der Waals surface area contributed by atoms with Crippen molar-refractivity contribution in [2.75, 3.05) is 25.5 Å². The van der Waals surface area contributed by atoms with E-state index in [0.717, 1.165) is 87.9 Å². The number of aromatic nitrogens is 2. The molecule has 204 valence electrons. The number of amides is 2. The number of rotatable bonds is 7. The summed E-state index contributed by atoms with van der Waals surface area (Å²) in [5, 5.41) is 4.09. The summed E-state index contributed by atoms with van der Waals surface area (Å²) < 4.78 is 5.69. The third-order valence-electron chi connectivity index (χ3n) is 9.31. The zero-order valence-electron chi connectivity index (χ0n) is 23.2. The predicted octanol–water partition coefficient (Wildman–Crippen LogP) is 5.93. The van der Waals surface area contributed by atoms with E-state index in [1.165, 1.54) is 6.42 Å². The van der Waals surface area contributed by atoms with Crippen LogP contribution >= 0.6 is 0 Å². The Balaban J connectivity index is 1.39. The highest BCUT2D eigenvalue weighted by Gasteiger charge is 2.47. The molecule has 4 aliphatic rings. The first-order valence-electron chi connectivity index (χ1n) is 14.5. The average molecular weight is 519 g/mol. The zero-order valence-corrected chi connectivity index (χ0v) is 23.2. The van der Waals surface area contributed by atoms with E-state index in [2.05, 4.69) is 27.2 Å². The van der Waals surface area contributed by atoms with Crippen molar-refractivity contribution in [1.82, 2.24) is 15.0 Å². The molecule has 1 aromatic carbocycles. The maximum absolute atomic E-state index is 14.0. The van der Waals surface area contributed by atoms with Gasteiger partial charge in [-0.1, -0.05) is 36.6 Å². The van der Waals surface area contributed by atoms with Crippen LogP contribution < -0.4 is 4.90 Å². The van der Waals surface area contributed by atoms with Crippen molar-refractivity contribution in [3.05, 3.63) is 47.6 Å². The van der Waals surface area contributed by atoms with Crippen LogP contribution in [0.2, 0.25) is 0 Å². The Morgan fingerprint density at radius 1 is 1.05 bits per heavy atom. The molecule has 7 nitrogen and oxygen atoms in total. The summed E-state index contributed by atoms with van der Waals surface area (Å²) in [6.07, 6.45) is 15.5. The van der Waals surface area contributed by atoms with E-state index in [-0.39, 0.29) is 23.1 Å². The van der Waals surface area contributed by atoms with Crippen molar-refractivity contribution in [2.45, 2.75) is 83.0 Å². The molecular formula is C31H42N4O3. The summed E-state index contributed by atoms with van der Waals surface area (Å²) in [6.45, 7) is 2.64. The number of carbonyl (C=O) groups is 2. The molecule has 4 aliphatic carbocycles. The van der Waals surface area contributed by atoms with Crippen LogP contribution in [0.15, 0.2) is 34.9 Å². The average Bonchev–Trinajstić information content (AvgIpc) is 3.22. The number of aryl methyl sites for hydroxylation is 1. The first kappa shape index (κ1) is 26.6. The van der Waals surface area contributed by atoms with Crippen LogP contribution in [0.25, 0.3) is 6.08 Å². The fraction of sp³-hybridized carbons (Fsp3) is 0.613. The predicted molar refractivity (Wildman–Crippen MR) is 148 cm³/mol. The zero-order chi connectivity index (χ0) is 26.7. The van der Waals surface area contributed by atoms with Crippen molar-refractivity contribution in [3.63, 3.8) is 0 Å². The second-order valence-corrected chi connectivity index (χ2v) is 12.0. The number of likely N-dealkylation sites (N-methyl/N-ethyl adjacent to an activating group) is 1. The van der Waals surface area contributed by atoms with Gasteiger partial charge in [-0.25, -0.2) is 0 Å². The minimum absolute atomic E-state index is 0.00555. The van der Waals surface area contributed by atoms with Crippen molar-refractivity contribution in [1.29, 1.82) is 0 Å². The molecule has 0 radical (unpaired) electrons. The fourth-order valence-corrected chi connectivity index (χ4v) is 6.93. The van der Waals surface area contributed by atoms with Gasteiger partial charge in [-0.05, 0) is 93.9 Å². The molecule has 2 amide bonds. The van der Waals surface area contributed by atoms with E-state index in [0.29, 0.717) is 17.7 Å². The highest BCUT2D eigenvalue weighted by molar-refractivity contribution is 5.96. The Morgan fingerprint density at radius 3 is 2.47 bits per heavy atom. The van der Waals surface area contributed by atoms with Crippen molar-refractivity contribution in [3.8, 4) is 0 Å². The van der Waals surface area contributed by atoms with E-state index < -0.39 is 0 Å². The van der Waals surface area contributed by atoms with Crippen LogP contribution in [-0.4, -0.2) is 47.5 Å². The van der Waals surface area contributed by atoms with E-state index in [9.17, 15) is 9.59 Å². The number of hydrogen-bond acceptors (Lipinski definition) is 5. The molecule has 0 aliphatic heterocycles. The first-order chi connectivity index (χ1) is 18.3. The van der Waals surface area contributed by atoms with Crippen LogP contribution in [0, 0.1) is 24.7 Å². The normalized spacial score (nSPS) is 25.9. The highest BCUT2D eigenvalue weighted by atomic mass is 16.5. The molecule has 6 rings (SSSR count). The monoisotopic (exact) mass is 518 g/mol. The van der Waals surface area contributed by atoms with Gasteiger partial charge >= 0.3 is 0 Å².